The molecular formula is C12H15N3O5. The van der Waals surface area contributed by atoms with E-state index in [-0.39, 0.29) is 6.42 Å². The van der Waals surface area contributed by atoms with E-state index in [1.165, 1.54) is 12.3 Å². The van der Waals surface area contributed by atoms with Gasteiger partial charge in [-0.2, -0.15) is 5.26 Å². The minimum atomic E-state index is -0.975. The summed E-state index contributed by atoms with van der Waals surface area (Å²) in [6.07, 6.45) is -0.820. The molecule has 4 atom stereocenters. The third-order valence-corrected chi connectivity index (χ3v) is 3.39. The first kappa shape index (κ1) is 14.5. The molecule has 1 aromatic rings. The van der Waals surface area contributed by atoms with E-state index in [0.717, 1.165) is 4.57 Å². The molecule has 8 heteroatoms. The summed E-state index contributed by atoms with van der Waals surface area (Å²) in [4.78, 5) is 24.9. The number of rotatable bonds is 4. The fourth-order valence-electron chi connectivity index (χ4n) is 2.40. The molecule has 1 aliphatic heterocycles. The Hall–Kier alpha value is -1.95. The predicted octanol–water partition coefficient (Wildman–Crippen LogP) is -1.29. The number of nitriles is 1. The zero-order valence-electron chi connectivity index (χ0n) is 10.6. The molecule has 1 fully saturated rings. The van der Waals surface area contributed by atoms with Crippen LogP contribution >= 0.6 is 0 Å². The molecule has 0 unspecified atom stereocenters. The Balaban J connectivity index is 2.34. The second-order valence-electron chi connectivity index (χ2n) is 4.62. The maximum Gasteiger partial charge on any atom is 0.330 e. The molecular weight excluding hydrogens is 266 g/mol. The van der Waals surface area contributed by atoms with Crippen LogP contribution in [0.1, 0.15) is 19.1 Å². The van der Waals surface area contributed by atoms with Crippen LogP contribution in [0, 0.1) is 17.2 Å². The third-order valence-electron chi connectivity index (χ3n) is 3.39. The van der Waals surface area contributed by atoms with Crippen LogP contribution in [-0.4, -0.2) is 38.6 Å². The van der Waals surface area contributed by atoms with Crippen molar-refractivity contribution in [2.75, 3.05) is 6.61 Å². The van der Waals surface area contributed by atoms with Crippen molar-refractivity contribution in [3.63, 3.8) is 0 Å². The number of aromatic amines is 1. The van der Waals surface area contributed by atoms with Gasteiger partial charge in [0.1, 0.15) is 12.3 Å². The van der Waals surface area contributed by atoms with Gasteiger partial charge < -0.3 is 14.9 Å². The molecule has 2 heterocycles. The number of aliphatic hydroxyl groups excluding tert-OH is 2. The van der Waals surface area contributed by atoms with Gasteiger partial charge in [-0.25, -0.2) is 4.79 Å². The van der Waals surface area contributed by atoms with Crippen molar-refractivity contribution in [3.8, 4) is 6.07 Å². The van der Waals surface area contributed by atoms with Gasteiger partial charge in [0.2, 0.25) is 0 Å². The molecule has 20 heavy (non-hydrogen) atoms. The molecule has 0 radical (unpaired) electrons. The zero-order chi connectivity index (χ0) is 14.7. The average Bonchev–Trinajstić information content (AvgIpc) is 2.73. The van der Waals surface area contributed by atoms with Gasteiger partial charge in [0, 0.05) is 24.6 Å². The van der Waals surface area contributed by atoms with Gasteiger partial charge in [-0.05, 0) is 6.42 Å². The molecule has 0 bridgehead atoms. The number of aliphatic hydroxyl groups is 2. The fraction of sp³-hybridized carbons (Fsp3) is 0.583. The highest BCUT2D eigenvalue weighted by Crippen LogP contribution is 2.36. The quantitative estimate of drug-likeness (QED) is 0.629. The first-order chi connectivity index (χ1) is 9.58. The molecule has 1 aromatic heterocycles. The van der Waals surface area contributed by atoms with Crippen molar-refractivity contribution in [1.82, 2.24) is 9.55 Å². The number of nitrogens with one attached hydrogen (secondary N) is 1. The number of nitrogens with zero attached hydrogens (tertiary/aromatic N) is 2. The van der Waals surface area contributed by atoms with Crippen molar-refractivity contribution in [2.24, 2.45) is 5.92 Å². The molecule has 0 aliphatic carbocycles. The van der Waals surface area contributed by atoms with E-state index in [9.17, 15) is 14.7 Å². The van der Waals surface area contributed by atoms with E-state index >= 15 is 0 Å². The summed E-state index contributed by atoms with van der Waals surface area (Å²) in [5.74, 6) is -0.504. The molecule has 8 nitrogen and oxygen atoms in total. The molecule has 108 valence electrons. The second kappa shape index (κ2) is 6.00. The Morgan fingerprint density at radius 2 is 2.25 bits per heavy atom. The predicted molar refractivity (Wildman–Crippen MR) is 66.7 cm³/mol. The molecule has 2 rings (SSSR count). The lowest BCUT2D eigenvalue weighted by molar-refractivity contribution is -0.0482. The minimum Gasteiger partial charge on any atom is -0.394 e. The normalized spacial score (nSPS) is 29.2. The van der Waals surface area contributed by atoms with Gasteiger partial charge in [-0.3, -0.25) is 14.3 Å². The molecule has 1 aliphatic rings. The largest absolute Gasteiger partial charge is 0.394 e. The monoisotopic (exact) mass is 281 g/mol. The molecule has 1 saturated heterocycles. The lowest BCUT2D eigenvalue weighted by Crippen LogP contribution is -2.34. The molecule has 3 N–H and O–H groups in total. The molecule has 0 amide bonds. The van der Waals surface area contributed by atoms with Crippen LogP contribution in [0.15, 0.2) is 21.9 Å². The van der Waals surface area contributed by atoms with Crippen molar-refractivity contribution in [2.45, 2.75) is 31.3 Å². The second-order valence-corrected chi connectivity index (χ2v) is 4.62. The standard InChI is InChI=1S/C12H15N3O5/c13-4-1-2-7-10(18)8(6-16)20-11(7)15-5-3-9(17)14-12(15)19/h3,5,7-8,10-11,16,18H,1-2,6H2,(H,14,17,19)/t7-,8-,10+,11-/m1/s1. The SMILES string of the molecule is N#CCC[C@@H]1[C@H](O)[C@@H](CO)O[C@H]1n1ccc(=O)[nH]c1=O. The van der Waals surface area contributed by atoms with Crippen LogP contribution < -0.4 is 11.2 Å². The Bertz CT molecular complexity index is 616. The Kier molecular flexibility index (Phi) is 4.34. The fourth-order valence-corrected chi connectivity index (χ4v) is 2.40. The molecule has 0 aromatic carbocycles. The summed E-state index contributed by atoms with van der Waals surface area (Å²) in [5, 5.41) is 27.9. The summed E-state index contributed by atoms with van der Waals surface area (Å²) in [6.45, 7) is -0.390. The smallest absolute Gasteiger partial charge is 0.330 e. The van der Waals surface area contributed by atoms with E-state index in [4.69, 9.17) is 15.1 Å². The maximum atomic E-state index is 11.8. The summed E-state index contributed by atoms with van der Waals surface area (Å²) < 4.78 is 6.63. The van der Waals surface area contributed by atoms with Crippen molar-refractivity contribution in [1.29, 1.82) is 5.26 Å². The van der Waals surface area contributed by atoms with Crippen molar-refractivity contribution < 1.29 is 14.9 Å². The molecule has 0 saturated carbocycles. The topological polar surface area (TPSA) is 128 Å². The maximum absolute atomic E-state index is 11.8. The van der Waals surface area contributed by atoms with Crippen LogP contribution in [0.3, 0.4) is 0 Å². The third kappa shape index (κ3) is 2.65. The van der Waals surface area contributed by atoms with Crippen LogP contribution in [0.4, 0.5) is 0 Å². The molecule has 0 spiro atoms. The van der Waals surface area contributed by atoms with Crippen molar-refractivity contribution in [3.05, 3.63) is 33.1 Å². The zero-order valence-corrected chi connectivity index (χ0v) is 10.6. The van der Waals surface area contributed by atoms with Gasteiger partial charge >= 0.3 is 5.69 Å². The first-order valence-corrected chi connectivity index (χ1v) is 6.21. The Morgan fingerprint density at radius 1 is 1.50 bits per heavy atom. The van der Waals surface area contributed by atoms with E-state index < -0.39 is 42.2 Å². The van der Waals surface area contributed by atoms with Crippen LogP contribution in [0.2, 0.25) is 0 Å². The summed E-state index contributed by atoms with van der Waals surface area (Å²) in [6, 6.07) is 3.14. The van der Waals surface area contributed by atoms with Gasteiger partial charge in [0.25, 0.3) is 5.56 Å². The van der Waals surface area contributed by atoms with Gasteiger partial charge in [0.05, 0.1) is 18.8 Å². The number of ether oxygens (including phenoxy) is 1. The van der Waals surface area contributed by atoms with E-state index in [1.54, 1.807) is 0 Å². The van der Waals surface area contributed by atoms with Crippen molar-refractivity contribution >= 4 is 0 Å². The van der Waals surface area contributed by atoms with Gasteiger partial charge in [-0.15, -0.1) is 0 Å². The number of aromatic nitrogens is 2. The number of hydrogen-bond donors (Lipinski definition) is 3. The average molecular weight is 281 g/mol. The van der Waals surface area contributed by atoms with Gasteiger partial charge in [-0.1, -0.05) is 0 Å². The lowest BCUT2D eigenvalue weighted by Gasteiger charge is -2.20. The Morgan fingerprint density at radius 3 is 2.85 bits per heavy atom. The summed E-state index contributed by atoms with van der Waals surface area (Å²) >= 11 is 0. The lowest BCUT2D eigenvalue weighted by atomic mass is 9.95. The highest BCUT2D eigenvalue weighted by molar-refractivity contribution is 4.93. The first-order valence-electron chi connectivity index (χ1n) is 6.21. The number of hydrogen-bond acceptors (Lipinski definition) is 6. The summed E-state index contributed by atoms with van der Waals surface area (Å²) in [5.41, 5.74) is -1.19. The van der Waals surface area contributed by atoms with E-state index in [2.05, 4.69) is 4.98 Å². The van der Waals surface area contributed by atoms with E-state index in [0.29, 0.717) is 6.42 Å². The number of H-pyrrole nitrogens is 1. The van der Waals surface area contributed by atoms with Gasteiger partial charge in [0.15, 0.2) is 0 Å². The van der Waals surface area contributed by atoms with Crippen LogP contribution in [0.25, 0.3) is 0 Å². The summed E-state index contributed by atoms with van der Waals surface area (Å²) in [7, 11) is 0. The van der Waals surface area contributed by atoms with E-state index in [1.807, 2.05) is 6.07 Å². The van der Waals surface area contributed by atoms with Crippen LogP contribution in [-0.2, 0) is 4.74 Å². The highest BCUT2D eigenvalue weighted by Gasteiger charge is 2.44. The minimum absolute atomic E-state index is 0.192. The highest BCUT2D eigenvalue weighted by atomic mass is 16.5. The van der Waals surface area contributed by atoms with Crippen LogP contribution in [0.5, 0.6) is 0 Å². The Labute approximate surface area is 113 Å².